The van der Waals surface area contributed by atoms with E-state index in [1.165, 1.54) is 0 Å². The van der Waals surface area contributed by atoms with E-state index < -0.39 is 0 Å². The van der Waals surface area contributed by atoms with E-state index in [2.05, 4.69) is 6.07 Å². The van der Waals surface area contributed by atoms with Crippen molar-refractivity contribution < 1.29 is 9.47 Å². The predicted molar refractivity (Wildman–Crippen MR) is 73.0 cm³/mol. The molecule has 1 aromatic rings. The largest absolute Gasteiger partial charge is 0.493 e. The van der Waals surface area contributed by atoms with Crippen LogP contribution in [0.5, 0.6) is 5.75 Å². The van der Waals surface area contributed by atoms with Gasteiger partial charge >= 0.3 is 0 Å². The number of rotatable bonds is 5. The lowest BCUT2D eigenvalue weighted by molar-refractivity contribution is 0.1000. The molecule has 1 heterocycles. The fraction of sp³-hybridized carbons (Fsp3) is 0.500. The molecule has 1 aliphatic heterocycles. The third-order valence-corrected chi connectivity index (χ3v) is 4.20. The first-order valence-electron chi connectivity index (χ1n) is 6.21. The molecule has 0 spiro atoms. The molecule has 0 saturated carbocycles. The van der Waals surface area contributed by atoms with Crippen molar-refractivity contribution in [2.24, 2.45) is 0 Å². The van der Waals surface area contributed by atoms with Crippen LogP contribution in [0, 0.1) is 11.3 Å². The number of hydrogen-bond acceptors (Lipinski definition) is 4. The summed E-state index contributed by atoms with van der Waals surface area (Å²) < 4.78 is 11.0. The van der Waals surface area contributed by atoms with Gasteiger partial charge in [-0.05, 0) is 37.1 Å². The van der Waals surface area contributed by atoms with Gasteiger partial charge < -0.3 is 9.47 Å². The van der Waals surface area contributed by atoms with Gasteiger partial charge in [0, 0.05) is 24.2 Å². The summed E-state index contributed by atoms with van der Waals surface area (Å²) in [6.45, 7) is 2.51. The van der Waals surface area contributed by atoms with Gasteiger partial charge in [0.1, 0.15) is 5.75 Å². The van der Waals surface area contributed by atoms with Crippen molar-refractivity contribution in [1.29, 1.82) is 5.26 Å². The highest BCUT2D eigenvalue weighted by atomic mass is 32.2. The van der Waals surface area contributed by atoms with E-state index in [9.17, 15) is 0 Å². The lowest BCUT2D eigenvalue weighted by Crippen LogP contribution is -2.18. The number of hydrogen-bond donors (Lipinski definition) is 0. The zero-order valence-corrected chi connectivity index (χ0v) is 11.1. The van der Waals surface area contributed by atoms with Crippen LogP contribution in [-0.4, -0.2) is 30.8 Å². The molecule has 2 rings (SSSR count). The van der Waals surface area contributed by atoms with E-state index in [0.29, 0.717) is 12.2 Å². The first-order chi connectivity index (χ1) is 8.88. The Bertz CT molecular complexity index is 393. The molecule has 0 radical (unpaired) electrons. The molecule has 1 fully saturated rings. The van der Waals surface area contributed by atoms with Crippen LogP contribution in [0.2, 0.25) is 0 Å². The first kappa shape index (κ1) is 13.3. The topological polar surface area (TPSA) is 42.2 Å². The highest BCUT2D eigenvalue weighted by molar-refractivity contribution is 7.99. The van der Waals surface area contributed by atoms with Gasteiger partial charge in [0.25, 0.3) is 0 Å². The Morgan fingerprint density at radius 2 is 2.00 bits per heavy atom. The van der Waals surface area contributed by atoms with Crippen molar-refractivity contribution >= 4 is 11.8 Å². The Morgan fingerprint density at radius 3 is 2.67 bits per heavy atom. The van der Waals surface area contributed by atoms with Crippen molar-refractivity contribution in [3.05, 3.63) is 29.8 Å². The molecular formula is C14H17NO2S. The summed E-state index contributed by atoms with van der Waals surface area (Å²) in [4.78, 5) is 0. The monoisotopic (exact) mass is 263 g/mol. The summed E-state index contributed by atoms with van der Waals surface area (Å²) >= 11 is 1.97. The first-order valence-corrected chi connectivity index (χ1v) is 7.25. The third-order valence-electron chi connectivity index (χ3n) is 2.86. The van der Waals surface area contributed by atoms with Crippen molar-refractivity contribution in [2.45, 2.75) is 18.1 Å². The lowest BCUT2D eigenvalue weighted by Gasteiger charge is -2.21. The van der Waals surface area contributed by atoms with Gasteiger partial charge in [-0.1, -0.05) is 0 Å². The lowest BCUT2D eigenvalue weighted by atomic mass is 10.2. The van der Waals surface area contributed by atoms with Crippen LogP contribution in [0.3, 0.4) is 0 Å². The molecule has 1 aromatic carbocycles. The average molecular weight is 263 g/mol. The molecule has 0 amide bonds. The quantitative estimate of drug-likeness (QED) is 0.766. The molecule has 0 atom stereocenters. The summed E-state index contributed by atoms with van der Waals surface area (Å²) in [5.41, 5.74) is 0.666. The van der Waals surface area contributed by atoms with Crippen LogP contribution in [-0.2, 0) is 4.74 Å². The second kappa shape index (κ2) is 7.30. The van der Waals surface area contributed by atoms with E-state index in [1.54, 1.807) is 12.1 Å². The fourth-order valence-electron chi connectivity index (χ4n) is 1.84. The fourth-order valence-corrected chi connectivity index (χ4v) is 2.88. The molecule has 0 bridgehead atoms. The van der Waals surface area contributed by atoms with E-state index >= 15 is 0 Å². The van der Waals surface area contributed by atoms with Crippen LogP contribution in [0.1, 0.15) is 18.4 Å². The minimum absolute atomic E-state index is 0.666. The molecule has 4 heteroatoms. The summed E-state index contributed by atoms with van der Waals surface area (Å²) in [5.74, 6) is 1.84. The van der Waals surface area contributed by atoms with Gasteiger partial charge in [-0.3, -0.25) is 0 Å². The maximum atomic E-state index is 8.68. The van der Waals surface area contributed by atoms with Gasteiger partial charge in [0.15, 0.2) is 0 Å². The van der Waals surface area contributed by atoms with Crippen LogP contribution in [0.4, 0.5) is 0 Å². The Labute approximate surface area is 112 Å². The molecule has 3 nitrogen and oxygen atoms in total. The number of thioether (sulfide) groups is 1. The Kier molecular flexibility index (Phi) is 5.37. The van der Waals surface area contributed by atoms with Crippen molar-refractivity contribution in [1.82, 2.24) is 0 Å². The molecule has 0 N–H and O–H groups in total. The maximum Gasteiger partial charge on any atom is 0.119 e. The Morgan fingerprint density at radius 1 is 1.28 bits per heavy atom. The number of ether oxygens (including phenoxy) is 2. The summed E-state index contributed by atoms with van der Waals surface area (Å²) in [5, 5.41) is 9.41. The third kappa shape index (κ3) is 4.25. The summed E-state index contributed by atoms with van der Waals surface area (Å²) in [6.07, 6.45) is 2.31. The molecule has 0 aromatic heterocycles. The normalized spacial score (nSPS) is 16.2. The van der Waals surface area contributed by atoms with Gasteiger partial charge in [0.05, 0.1) is 18.2 Å². The van der Waals surface area contributed by atoms with Crippen molar-refractivity contribution in [3.63, 3.8) is 0 Å². The predicted octanol–water partition coefficient (Wildman–Crippen LogP) is 2.85. The maximum absolute atomic E-state index is 8.68. The van der Waals surface area contributed by atoms with E-state index in [0.717, 1.165) is 42.8 Å². The average Bonchev–Trinajstić information content (AvgIpc) is 2.45. The van der Waals surface area contributed by atoms with Crippen molar-refractivity contribution in [3.8, 4) is 11.8 Å². The van der Waals surface area contributed by atoms with Gasteiger partial charge in [-0.2, -0.15) is 17.0 Å². The van der Waals surface area contributed by atoms with Crippen LogP contribution < -0.4 is 4.74 Å². The molecule has 18 heavy (non-hydrogen) atoms. The molecule has 1 saturated heterocycles. The smallest absolute Gasteiger partial charge is 0.119 e. The zero-order chi connectivity index (χ0) is 12.6. The molecule has 96 valence electrons. The van der Waals surface area contributed by atoms with Gasteiger partial charge in [-0.25, -0.2) is 0 Å². The van der Waals surface area contributed by atoms with Crippen LogP contribution >= 0.6 is 11.8 Å². The number of nitrogens with zero attached hydrogens (tertiary/aromatic N) is 1. The van der Waals surface area contributed by atoms with Gasteiger partial charge in [-0.15, -0.1) is 0 Å². The number of benzene rings is 1. The molecule has 1 aliphatic rings. The Balaban J connectivity index is 1.63. The summed E-state index contributed by atoms with van der Waals surface area (Å²) in [7, 11) is 0. The second-order valence-electron chi connectivity index (χ2n) is 4.17. The molecular weight excluding hydrogens is 246 g/mol. The zero-order valence-electron chi connectivity index (χ0n) is 10.3. The van der Waals surface area contributed by atoms with Crippen LogP contribution in [0.15, 0.2) is 24.3 Å². The second-order valence-corrected chi connectivity index (χ2v) is 5.58. The highest BCUT2D eigenvalue weighted by Gasteiger charge is 2.13. The van der Waals surface area contributed by atoms with E-state index in [-0.39, 0.29) is 0 Å². The van der Waals surface area contributed by atoms with E-state index in [4.69, 9.17) is 14.7 Å². The minimum atomic E-state index is 0.666. The summed E-state index contributed by atoms with van der Waals surface area (Å²) in [6, 6.07) is 9.34. The Hall–Kier alpha value is -1.18. The standard InChI is InChI=1S/C14H17NO2S/c15-11-12-1-3-13(4-2-12)17-9-10-18-14-5-7-16-8-6-14/h1-4,14H,5-10H2. The number of nitriles is 1. The SMILES string of the molecule is N#Cc1ccc(OCCSC2CCOCC2)cc1. The van der Waals surface area contributed by atoms with Crippen LogP contribution in [0.25, 0.3) is 0 Å². The van der Waals surface area contributed by atoms with E-state index in [1.807, 2.05) is 23.9 Å². The van der Waals surface area contributed by atoms with Gasteiger partial charge in [0.2, 0.25) is 0 Å². The highest BCUT2D eigenvalue weighted by Crippen LogP contribution is 2.22. The molecule has 0 aliphatic carbocycles. The van der Waals surface area contributed by atoms with Crippen molar-refractivity contribution in [2.75, 3.05) is 25.6 Å². The minimum Gasteiger partial charge on any atom is -0.493 e. The molecule has 0 unspecified atom stereocenters.